The number of carbonyl (C=O) groups is 1. The highest BCUT2D eigenvalue weighted by Crippen LogP contribution is 2.32. The number of methoxy groups -OCH3 is 1. The van der Waals surface area contributed by atoms with Crippen molar-refractivity contribution in [3.63, 3.8) is 0 Å². The third-order valence-corrected chi connectivity index (χ3v) is 4.46. The molecule has 0 fully saturated rings. The van der Waals surface area contributed by atoms with Crippen LogP contribution in [0.15, 0.2) is 30.3 Å². The lowest BCUT2D eigenvalue weighted by Gasteiger charge is -2.13. The van der Waals surface area contributed by atoms with Crippen LogP contribution in [0.3, 0.4) is 0 Å². The number of nitrogens with zero attached hydrogens (tertiary/aromatic N) is 2. The SMILES string of the molecule is COc1c(Cl)cc(Cl)cc1C(=O)NC(=S)Nc1cccc2nsnc12. The summed E-state index contributed by atoms with van der Waals surface area (Å²) in [6.07, 6.45) is 0. The van der Waals surface area contributed by atoms with E-state index in [1.165, 1.54) is 19.2 Å². The zero-order valence-electron chi connectivity index (χ0n) is 12.7. The molecule has 2 N–H and O–H groups in total. The van der Waals surface area contributed by atoms with Gasteiger partial charge in [0.2, 0.25) is 0 Å². The smallest absolute Gasteiger partial charge is 0.261 e. The molecule has 0 spiro atoms. The van der Waals surface area contributed by atoms with Gasteiger partial charge in [0.1, 0.15) is 16.8 Å². The van der Waals surface area contributed by atoms with E-state index < -0.39 is 5.91 Å². The van der Waals surface area contributed by atoms with E-state index in [2.05, 4.69) is 19.4 Å². The molecular weight excluding hydrogens is 403 g/mol. The number of benzene rings is 2. The third-order valence-electron chi connectivity index (χ3n) is 3.22. The first-order chi connectivity index (χ1) is 12.0. The second-order valence-corrected chi connectivity index (χ2v) is 6.59. The summed E-state index contributed by atoms with van der Waals surface area (Å²) >= 11 is 18.3. The van der Waals surface area contributed by atoms with Crippen LogP contribution >= 0.6 is 47.1 Å². The van der Waals surface area contributed by atoms with Gasteiger partial charge in [0.15, 0.2) is 5.11 Å². The van der Waals surface area contributed by atoms with E-state index in [1.54, 1.807) is 6.07 Å². The lowest BCUT2D eigenvalue weighted by molar-refractivity contribution is 0.0975. The molecule has 0 atom stereocenters. The average molecular weight is 413 g/mol. The first-order valence-corrected chi connectivity index (χ1v) is 8.75. The standard InChI is InChI=1S/C15H10Cl2N4O2S2/c1-23-13-8(5-7(16)6-9(13)17)14(22)19-15(24)18-10-3-2-4-11-12(10)21-25-20-11/h2-6H,1H3,(H2,18,19,22,24). The van der Waals surface area contributed by atoms with Crippen LogP contribution in [0.25, 0.3) is 11.0 Å². The van der Waals surface area contributed by atoms with Crippen molar-refractivity contribution in [1.82, 2.24) is 14.1 Å². The summed E-state index contributed by atoms with van der Waals surface area (Å²) in [4.78, 5) is 12.5. The Morgan fingerprint density at radius 2 is 2.08 bits per heavy atom. The predicted octanol–water partition coefficient (Wildman–Crippen LogP) is 4.13. The number of nitrogens with one attached hydrogen (secondary N) is 2. The zero-order valence-corrected chi connectivity index (χ0v) is 15.8. The highest BCUT2D eigenvalue weighted by molar-refractivity contribution is 7.80. The van der Waals surface area contributed by atoms with Crippen LogP contribution in [0.2, 0.25) is 10.0 Å². The molecule has 1 aromatic heterocycles. The third kappa shape index (κ3) is 3.82. The number of aromatic nitrogens is 2. The summed E-state index contributed by atoms with van der Waals surface area (Å²) in [7, 11) is 1.42. The highest BCUT2D eigenvalue weighted by Gasteiger charge is 2.18. The maximum atomic E-state index is 12.5. The molecule has 128 valence electrons. The van der Waals surface area contributed by atoms with Gasteiger partial charge in [-0.3, -0.25) is 10.1 Å². The largest absolute Gasteiger partial charge is 0.494 e. The minimum Gasteiger partial charge on any atom is -0.494 e. The number of rotatable bonds is 3. The normalized spacial score (nSPS) is 10.5. The Bertz CT molecular complexity index is 977. The molecule has 1 amide bonds. The molecule has 0 aliphatic carbocycles. The van der Waals surface area contributed by atoms with Gasteiger partial charge in [-0.05, 0) is 36.5 Å². The number of fused-ring (bicyclic) bond motifs is 1. The summed E-state index contributed by atoms with van der Waals surface area (Å²) in [5.74, 6) is -0.278. The van der Waals surface area contributed by atoms with Crippen LogP contribution in [-0.2, 0) is 0 Å². The first-order valence-electron chi connectivity index (χ1n) is 6.86. The fraction of sp³-hybridized carbons (Fsp3) is 0.0667. The van der Waals surface area contributed by atoms with Crippen molar-refractivity contribution >= 4 is 74.9 Å². The van der Waals surface area contributed by atoms with Crippen molar-refractivity contribution < 1.29 is 9.53 Å². The summed E-state index contributed by atoms with van der Waals surface area (Å²) < 4.78 is 13.5. The van der Waals surface area contributed by atoms with Crippen molar-refractivity contribution in [3.05, 3.63) is 45.9 Å². The van der Waals surface area contributed by atoms with E-state index in [9.17, 15) is 4.79 Å². The molecule has 6 nitrogen and oxygen atoms in total. The molecule has 0 aliphatic rings. The summed E-state index contributed by atoms with van der Waals surface area (Å²) in [5, 5.41) is 6.15. The molecule has 25 heavy (non-hydrogen) atoms. The van der Waals surface area contributed by atoms with Crippen LogP contribution < -0.4 is 15.4 Å². The van der Waals surface area contributed by atoms with E-state index in [4.69, 9.17) is 40.2 Å². The zero-order chi connectivity index (χ0) is 18.0. The van der Waals surface area contributed by atoms with Gasteiger partial charge >= 0.3 is 0 Å². The molecule has 0 bridgehead atoms. The second-order valence-electron chi connectivity index (χ2n) is 4.81. The Labute approximate surface area is 162 Å². The number of thiocarbonyl (C=S) groups is 1. The van der Waals surface area contributed by atoms with E-state index in [0.717, 1.165) is 17.2 Å². The van der Waals surface area contributed by atoms with Crippen molar-refractivity contribution in [2.75, 3.05) is 12.4 Å². The van der Waals surface area contributed by atoms with Crippen molar-refractivity contribution in [1.29, 1.82) is 0 Å². The maximum absolute atomic E-state index is 12.5. The Balaban J connectivity index is 1.80. The van der Waals surface area contributed by atoms with E-state index in [0.29, 0.717) is 16.2 Å². The summed E-state index contributed by atoms with van der Waals surface area (Å²) in [5.41, 5.74) is 2.24. The quantitative estimate of drug-likeness (QED) is 0.629. The fourth-order valence-corrected chi connectivity index (χ4v) is 3.49. The van der Waals surface area contributed by atoms with Crippen LogP contribution in [0.4, 0.5) is 5.69 Å². The lowest BCUT2D eigenvalue weighted by Crippen LogP contribution is -2.34. The number of ether oxygens (including phenoxy) is 1. The van der Waals surface area contributed by atoms with Crippen LogP contribution in [0.1, 0.15) is 10.4 Å². The average Bonchev–Trinajstić information content (AvgIpc) is 3.03. The van der Waals surface area contributed by atoms with Gasteiger partial charge < -0.3 is 10.1 Å². The Morgan fingerprint density at radius 3 is 2.84 bits per heavy atom. The molecule has 1 heterocycles. The van der Waals surface area contributed by atoms with Crippen molar-refractivity contribution in [2.45, 2.75) is 0 Å². The number of hydrogen-bond donors (Lipinski definition) is 2. The van der Waals surface area contributed by atoms with Gasteiger partial charge in [-0.2, -0.15) is 8.75 Å². The van der Waals surface area contributed by atoms with Gasteiger partial charge in [-0.1, -0.05) is 29.3 Å². The second kappa shape index (κ2) is 7.49. The van der Waals surface area contributed by atoms with Gasteiger partial charge in [-0.15, -0.1) is 0 Å². The summed E-state index contributed by atoms with van der Waals surface area (Å²) in [6.45, 7) is 0. The van der Waals surface area contributed by atoms with Gasteiger partial charge in [0, 0.05) is 5.02 Å². The predicted molar refractivity (Wildman–Crippen MR) is 104 cm³/mol. The van der Waals surface area contributed by atoms with Crippen LogP contribution in [0, 0.1) is 0 Å². The number of halogens is 2. The molecule has 10 heteroatoms. The molecule has 3 aromatic rings. The van der Waals surface area contributed by atoms with Crippen LogP contribution in [0.5, 0.6) is 5.75 Å². The molecule has 2 aromatic carbocycles. The van der Waals surface area contributed by atoms with Gasteiger partial charge in [0.25, 0.3) is 5.91 Å². The molecule has 0 radical (unpaired) electrons. The Morgan fingerprint density at radius 1 is 1.28 bits per heavy atom. The number of amides is 1. The van der Waals surface area contributed by atoms with E-state index in [-0.39, 0.29) is 21.4 Å². The number of anilines is 1. The fourth-order valence-electron chi connectivity index (χ4n) is 2.17. The molecular formula is C15H10Cl2N4O2S2. The highest BCUT2D eigenvalue weighted by atomic mass is 35.5. The topological polar surface area (TPSA) is 76.1 Å². The minimum absolute atomic E-state index is 0.101. The minimum atomic E-state index is -0.498. The number of carbonyl (C=O) groups excluding carboxylic acids is 1. The molecule has 0 unspecified atom stereocenters. The molecule has 0 aliphatic heterocycles. The summed E-state index contributed by atoms with van der Waals surface area (Å²) in [6, 6.07) is 8.39. The van der Waals surface area contributed by atoms with E-state index in [1.807, 2.05) is 12.1 Å². The maximum Gasteiger partial charge on any atom is 0.261 e. The van der Waals surface area contributed by atoms with Crippen molar-refractivity contribution in [2.24, 2.45) is 0 Å². The van der Waals surface area contributed by atoms with Crippen LogP contribution in [-0.4, -0.2) is 26.9 Å². The van der Waals surface area contributed by atoms with Crippen molar-refractivity contribution in [3.8, 4) is 5.75 Å². The Hall–Kier alpha value is -2.00. The monoisotopic (exact) mass is 412 g/mol. The van der Waals surface area contributed by atoms with Gasteiger partial charge in [0.05, 0.1) is 35.1 Å². The van der Waals surface area contributed by atoms with Gasteiger partial charge in [-0.25, -0.2) is 0 Å². The molecule has 0 saturated carbocycles. The lowest BCUT2D eigenvalue weighted by atomic mass is 10.2. The van der Waals surface area contributed by atoms with E-state index >= 15 is 0 Å². The Kier molecular flexibility index (Phi) is 5.33. The number of hydrogen-bond acceptors (Lipinski definition) is 6. The molecule has 3 rings (SSSR count). The first kappa shape index (κ1) is 17.8. The molecule has 0 saturated heterocycles.